The number of piperidine rings is 1. The van der Waals surface area contributed by atoms with E-state index in [1.165, 1.54) is 23.5 Å². The van der Waals surface area contributed by atoms with Gasteiger partial charge in [-0.05, 0) is 31.4 Å². The average molecular weight is 314 g/mol. The molecule has 7 heteroatoms. The van der Waals surface area contributed by atoms with Gasteiger partial charge >= 0.3 is 0 Å². The third-order valence-electron chi connectivity index (χ3n) is 3.81. The van der Waals surface area contributed by atoms with Gasteiger partial charge in [0.05, 0.1) is 7.11 Å². The van der Waals surface area contributed by atoms with Crippen LogP contribution in [0.1, 0.15) is 25.7 Å². The Bertz CT molecular complexity index is 587. The van der Waals surface area contributed by atoms with Crippen molar-refractivity contribution in [2.75, 3.05) is 26.0 Å². The smallest absolute Gasteiger partial charge is 0.247 e. The van der Waals surface area contributed by atoms with Gasteiger partial charge < -0.3 is 15.6 Å². The molecule has 1 atom stereocenters. The van der Waals surface area contributed by atoms with Gasteiger partial charge in [0.1, 0.15) is 10.6 Å². The SMILES string of the molecule is COc1cc(N)ccc1S(=O)(=O)N1CCCCC1CCO. The summed E-state index contributed by atoms with van der Waals surface area (Å²) in [5, 5.41) is 9.15. The predicted octanol–water partition coefficient (Wildman–Crippen LogP) is 1.20. The highest BCUT2D eigenvalue weighted by Gasteiger charge is 2.34. The second kappa shape index (κ2) is 6.64. The molecule has 1 heterocycles. The van der Waals surface area contributed by atoms with Crippen LogP contribution in [0.5, 0.6) is 5.75 Å². The summed E-state index contributed by atoms with van der Waals surface area (Å²) < 4.78 is 32.4. The fourth-order valence-corrected chi connectivity index (χ4v) is 4.61. The molecule has 0 aromatic heterocycles. The number of nitrogens with zero attached hydrogens (tertiary/aromatic N) is 1. The topological polar surface area (TPSA) is 92.9 Å². The van der Waals surface area contributed by atoms with E-state index < -0.39 is 10.0 Å². The van der Waals surface area contributed by atoms with E-state index in [-0.39, 0.29) is 23.3 Å². The molecule has 0 aliphatic carbocycles. The number of hydrogen-bond donors (Lipinski definition) is 2. The number of anilines is 1. The Balaban J connectivity index is 2.40. The highest BCUT2D eigenvalue weighted by molar-refractivity contribution is 7.89. The molecule has 0 bridgehead atoms. The van der Waals surface area contributed by atoms with Crippen LogP contribution in [0.25, 0.3) is 0 Å². The van der Waals surface area contributed by atoms with Crippen LogP contribution in [-0.4, -0.2) is 44.1 Å². The molecule has 2 rings (SSSR count). The highest BCUT2D eigenvalue weighted by atomic mass is 32.2. The van der Waals surface area contributed by atoms with E-state index in [0.717, 1.165) is 19.3 Å². The summed E-state index contributed by atoms with van der Waals surface area (Å²) in [6.07, 6.45) is 3.04. The van der Waals surface area contributed by atoms with Gasteiger partial charge in [0.2, 0.25) is 10.0 Å². The van der Waals surface area contributed by atoms with Gasteiger partial charge in [0, 0.05) is 30.9 Å². The summed E-state index contributed by atoms with van der Waals surface area (Å²) in [6.45, 7) is 0.454. The van der Waals surface area contributed by atoms with E-state index in [2.05, 4.69) is 0 Å². The second-order valence-corrected chi connectivity index (χ2v) is 7.05. The molecule has 0 amide bonds. The minimum Gasteiger partial charge on any atom is -0.495 e. The van der Waals surface area contributed by atoms with Crippen LogP contribution >= 0.6 is 0 Å². The minimum absolute atomic E-state index is 0.0183. The Hall–Kier alpha value is -1.31. The van der Waals surface area contributed by atoms with Crippen LogP contribution in [0, 0.1) is 0 Å². The Morgan fingerprint density at radius 3 is 2.86 bits per heavy atom. The summed E-state index contributed by atoms with van der Waals surface area (Å²) in [4.78, 5) is 0.129. The average Bonchev–Trinajstić information content (AvgIpc) is 2.47. The molecule has 1 aliphatic rings. The lowest BCUT2D eigenvalue weighted by Gasteiger charge is -2.34. The van der Waals surface area contributed by atoms with E-state index in [0.29, 0.717) is 18.7 Å². The number of aliphatic hydroxyl groups excluding tert-OH is 1. The molecule has 21 heavy (non-hydrogen) atoms. The molecular weight excluding hydrogens is 292 g/mol. The number of ether oxygens (including phenoxy) is 1. The second-order valence-electron chi connectivity index (χ2n) is 5.19. The number of rotatable bonds is 5. The third kappa shape index (κ3) is 3.30. The molecule has 3 N–H and O–H groups in total. The van der Waals surface area contributed by atoms with Crippen molar-refractivity contribution >= 4 is 15.7 Å². The lowest BCUT2D eigenvalue weighted by Crippen LogP contribution is -2.44. The van der Waals surface area contributed by atoms with E-state index in [4.69, 9.17) is 15.6 Å². The van der Waals surface area contributed by atoms with Crippen LogP contribution in [0.3, 0.4) is 0 Å². The first-order valence-electron chi connectivity index (χ1n) is 7.07. The molecule has 0 spiro atoms. The number of nitrogens with two attached hydrogens (primary N) is 1. The molecule has 0 saturated carbocycles. The van der Waals surface area contributed by atoms with Crippen LogP contribution in [0.15, 0.2) is 23.1 Å². The fraction of sp³-hybridized carbons (Fsp3) is 0.571. The van der Waals surface area contributed by atoms with Crippen LogP contribution in [0.2, 0.25) is 0 Å². The maximum absolute atomic E-state index is 12.9. The Morgan fingerprint density at radius 2 is 2.19 bits per heavy atom. The van der Waals surface area contributed by atoms with Gasteiger partial charge in [-0.15, -0.1) is 0 Å². The minimum atomic E-state index is -3.65. The van der Waals surface area contributed by atoms with Crippen LogP contribution in [-0.2, 0) is 10.0 Å². The standard InChI is InChI=1S/C14H22N2O4S/c1-20-13-10-11(15)5-6-14(13)21(18,19)16-8-3-2-4-12(16)7-9-17/h5-6,10,12,17H,2-4,7-9,15H2,1H3. The molecule has 118 valence electrons. The summed E-state index contributed by atoms with van der Waals surface area (Å²) >= 11 is 0. The molecule has 6 nitrogen and oxygen atoms in total. The Labute approximate surface area is 125 Å². The van der Waals surface area contributed by atoms with Gasteiger partial charge in [0.15, 0.2) is 0 Å². The molecule has 0 radical (unpaired) electrons. The zero-order valence-corrected chi connectivity index (χ0v) is 13.0. The van der Waals surface area contributed by atoms with Gasteiger partial charge in [-0.3, -0.25) is 0 Å². The van der Waals surface area contributed by atoms with Gasteiger partial charge in [-0.2, -0.15) is 4.31 Å². The number of nitrogen functional groups attached to an aromatic ring is 1. The molecule has 1 aliphatic heterocycles. The zero-order chi connectivity index (χ0) is 15.5. The first-order valence-corrected chi connectivity index (χ1v) is 8.51. The van der Waals surface area contributed by atoms with E-state index >= 15 is 0 Å². The molecule has 1 fully saturated rings. The summed E-state index contributed by atoms with van der Waals surface area (Å²) in [5.74, 6) is 0.253. The number of benzene rings is 1. The van der Waals surface area contributed by atoms with Crippen LogP contribution in [0.4, 0.5) is 5.69 Å². The lowest BCUT2D eigenvalue weighted by molar-refractivity contribution is 0.192. The van der Waals surface area contributed by atoms with E-state index in [9.17, 15) is 8.42 Å². The summed E-state index contributed by atoms with van der Waals surface area (Å²) in [6, 6.07) is 4.39. The van der Waals surface area contributed by atoms with Crippen molar-refractivity contribution in [1.29, 1.82) is 0 Å². The van der Waals surface area contributed by atoms with Crippen molar-refractivity contribution in [3.05, 3.63) is 18.2 Å². The normalized spacial score (nSPS) is 20.4. The molecule has 1 saturated heterocycles. The third-order valence-corrected chi connectivity index (χ3v) is 5.80. The van der Waals surface area contributed by atoms with Gasteiger partial charge in [-0.1, -0.05) is 6.42 Å². The summed E-state index contributed by atoms with van der Waals surface area (Å²) in [7, 11) is -2.23. The first kappa shape index (κ1) is 16.1. The van der Waals surface area contributed by atoms with Crippen molar-refractivity contribution in [2.45, 2.75) is 36.6 Å². The quantitative estimate of drug-likeness (QED) is 0.797. The van der Waals surface area contributed by atoms with Crippen molar-refractivity contribution in [1.82, 2.24) is 4.31 Å². The maximum atomic E-state index is 12.9. The van der Waals surface area contributed by atoms with Crippen molar-refractivity contribution in [3.63, 3.8) is 0 Å². The number of aliphatic hydroxyl groups is 1. The highest BCUT2D eigenvalue weighted by Crippen LogP contribution is 2.32. The number of hydrogen-bond acceptors (Lipinski definition) is 5. The van der Waals surface area contributed by atoms with E-state index in [1.54, 1.807) is 6.07 Å². The van der Waals surface area contributed by atoms with Crippen molar-refractivity contribution < 1.29 is 18.3 Å². The monoisotopic (exact) mass is 314 g/mol. The van der Waals surface area contributed by atoms with Crippen molar-refractivity contribution in [2.24, 2.45) is 0 Å². The predicted molar refractivity (Wildman–Crippen MR) is 80.6 cm³/mol. The fourth-order valence-electron chi connectivity index (χ4n) is 2.75. The summed E-state index contributed by atoms with van der Waals surface area (Å²) in [5.41, 5.74) is 6.13. The Morgan fingerprint density at radius 1 is 1.43 bits per heavy atom. The molecular formula is C14H22N2O4S. The largest absolute Gasteiger partial charge is 0.495 e. The number of sulfonamides is 1. The lowest BCUT2D eigenvalue weighted by atomic mass is 10.0. The van der Waals surface area contributed by atoms with Gasteiger partial charge in [-0.25, -0.2) is 8.42 Å². The molecule has 1 aromatic rings. The molecule has 1 unspecified atom stereocenters. The maximum Gasteiger partial charge on any atom is 0.247 e. The van der Waals surface area contributed by atoms with Crippen LogP contribution < -0.4 is 10.5 Å². The van der Waals surface area contributed by atoms with Gasteiger partial charge in [0.25, 0.3) is 0 Å². The Kier molecular flexibility index (Phi) is 5.08. The zero-order valence-electron chi connectivity index (χ0n) is 12.2. The number of methoxy groups -OCH3 is 1. The molecule has 1 aromatic carbocycles. The van der Waals surface area contributed by atoms with Crippen molar-refractivity contribution in [3.8, 4) is 5.75 Å². The van der Waals surface area contributed by atoms with E-state index in [1.807, 2.05) is 0 Å². The first-order chi connectivity index (χ1) is 10.0.